The lowest BCUT2D eigenvalue weighted by molar-refractivity contribution is 0.200. The Morgan fingerprint density at radius 3 is 2.73 bits per heavy atom. The Hall–Kier alpha value is -2.27. The number of imidazole rings is 1. The fourth-order valence-corrected chi connectivity index (χ4v) is 3.42. The minimum atomic E-state index is -0.0471. The molecular weight excluding hydrogens is 348 g/mol. The molecule has 2 aromatic heterocycles. The number of hydrogen-bond acceptors (Lipinski definition) is 3. The second-order valence-electron chi connectivity index (χ2n) is 6.56. The van der Waals surface area contributed by atoms with E-state index in [1.54, 1.807) is 0 Å². The van der Waals surface area contributed by atoms with Gasteiger partial charge < -0.3 is 9.30 Å². The molecule has 0 N–H and O–H groups in total. The van der Waals surface area contributed by atoms with E-state index in [4.69, 9.17) is 16.3 Å². The van der Waals surface area contributed by atoms with E-state index >= 15 is 0 Å². The molecule has 0 saturated carbocycles. The van der Waals surface area contributed by atoms with Crippen LogP contribution in [0, 0.1) is 13.8 Å². The molecule has 0 amide bonds. The maximum Gasteiger partial charge on any atom is 0.138 e. The summed E-state index contributed by atoms with van der Waals surface area (Å²) in [5.74, 6) is 0.700. The number of aromatic nitrogens is 4. The molecular formula is C20H25ClN4O. The molecule has 5 nitrogen and oxygen atoms in total. The van der Waals surface area contributed by atoms with Gasteiger partial charge in [-0.1, -0.05) is 30.7 Å². The Morgan fingerprint density at radius 2 is 2.00 bits per heavy atom. The van der Waals surface area contributed by atoms with Crippen LogP contribution in [-0.2, 0) is 13.1 Å². The van der Waals surface area contributed by atoms with E-state index in [1.165, 1.54) is 5.69 Å². The SMILES string of the molecule is CCCn1nc(C)c(-c2cncn2C[C@@H](C)Oc2ccccc2Cl)c1C. The van der Waals surface area contributed by atoms with E-state index < -0.39 is 0 Å². The Kier molecular flexibility index (Phi) is 5.67. The zero-order valence-electron chi connectivity index (χ0n) is 15.7. The van der Waals surface area contributed by atoms with Crippen LogP contribution in [0.15, 0.2) is 36.8 Å². The molecule has 0 bridgehead atoms. The average molecular weight is 373 g/mol. The van der Waals surface area contributed by atoms with Crippen LogP contribution < -0.4 is 4.74 Å². The number of rotatable bonds is 7. The maximum absolute atomic E-state index is 6.20. The molecule has 0 spiro atoms. The van der Waals surface area contributed by atoms with Crippen LogP contribution in [0.1, 0.15) is 31.7 Å². The third kappa shape index (κ3) is 3.78. The van der Waals surface area contributed by atoms with Gasteiger partial charge in [-0.2, -0.15) is 5.10 Å². The van der Waals surface area contributed by atoms with Crippen LogP contribution >= 0.6 is 11.6 Å². The van der Waals surface area contributed by atoms with Gasteiger partial charge in [0.05, 0.1) is 35.5 Å². The molecule has 0 radical (unpaired) electrons. The summed E-state index contributed by atoms with van der Waals surface area (Å²) in [6.45, 7) is 9.97. The first kappa shape index (κ1) is 18.5. The molecule has 0 unspecified atom stereocenters. The van der Waals surface area contributed by atoms with E-state index in [2.05, 4.69) is 40.1 Å². The highest BCUT2D eigenvalue weighted by Crippen LogP contribution is 2.28. The topological polar surface area (TPSA) is 44.9 Å². The average Bonchev–Trinajstić information content (AvgIpc) is 3.14. The molecule has 3 aromatic rings. The van der Waals surface area contributed by atoms with E-state index in [0.717, 1.165) is 29.9 Å². The predicted octanol–water partition coefficient (Wildman–Crippen LogP) is 4.89. The fourth-order valence-electron chi connectivity index (χ4n) is 3.24. The molecule has 2 heterocycles. The number of para-hydroxylation sites is 1. The standard InChI is InChI=1S/C20H25ClN4O/c1-5-10-25-16(4)20(15(3)23-25)18-11-22-13-24(18)12-14(2)26-19-9-7-6-8-17(19)21/h6-9,11,13-14H,5,10,12H2,1-4H3/t14-/m1/s1. The van der Waals surface area contributed by atoms with Crippen LogP contribution in [0.5, 0.6) is 5.75 Å². The van der Waals surface area contributed by atoms with Crippen molar-refractivity contribution >= 4 is 11.6 Å². The summed E-state index contributed by atoms with van der Waals surface area (Å²) in [6.07, 6.45) is 4.76. The molecule has 138 valence electrons. The first-order chi connectivity index (χ1) is 12.5. The van der Waals surface area contributed by atoms with Crippen molar-refractivity contribution in [2.45, 2.75) is 53.3 Å². The normalized spacial score (nSPS) is 12.3. The zero-order valence-corrected chi connectivity index (χ0v) is 16.5. The molecule has 1 atom stereocenters. The van der Waals surface area contributed by atoms with E-state index in [-0.39, 0.29) is 6.10 Å². The summed E-state index contributed by atoms with van der Waals surface area (Å²) in [5, 5.41) is 5.31. The molecule has 0 aliphatic rings. The van der Waals surface area contributed by atoms with Gasteiger partial charge in [0.25, 0.3) is 0 Å². The third-order valence-electron chi connectivity index (χ3n) is 4.40. The van der Waals surface area contributed by atoms with Crippen molar-refractivity contribution in [2.24, 2.45) is 0 Å². The largest absolute Gasteiger partial charge is 0.487 e. The van der Waals surface area contributed by atoms with Gasteiger partial charge in [-0.3, -0.25) is 4.68 Å². The van der Waals surface area contributed by atoms with Crippen molar-refractivity contribution in [1.82, 2.24) is 19.3 Å². The second kappa shape index (κ2) is 7.96. The highest BCUT2D eigenvalue weighted by molar-refractivity contribution is 6.32. The zero-order chi connectivity index (χ0) is 18.7. The lowest BCUT2D eigenvalue weighted by atomic mass is 10.1. The Morgan fingerprint density at radius 1 is 1.23 bits per heavy atom. The van der Waals surface area contributed by atoms with Crippen molar-refractivity contribution < 1.29 is 4.74 Å². The minimum Gasteiger partial charge on any atom is -0.487 e. The predicted molar refractivity (Wildman–Crippen MR) is 105 cm³/mol. The Bertz CT molecular complexity index is 884. The molecule has 0 aliphatic carbocycles. The van der Waals surface area contributed by atoms with Gasteiger partial charge in [0.2, 0.25) is 0 Å². The van der Waals surface area contributed by atoms with Gasteiger partial charge in [0.1, 0.15) is 11.9 Å². The van der Waals surface area contributed by atoms with Crippen molar-refractivity contribution in [2.75, 3.05) is 0 Å². The van der Waals surface area contributed by atoms with Crippen LogP contribution in [0.3, 0.4) is 0 Å². The van der Waals surface area contributed by atoms with Gasteiger partial charge in [-0.05, 0) is 39.3 Å². The molecule has 0 aliphatic heterocycles. The molecule has 0 saturated heterocycles. The lowest BCUT2D eigenvalue weighted by Crippen LogP contribution is -2.20. The van der Waals surface area contributed by atoms with Crippen LogP contribution in [0.25, 0.3) is 11.3 Å². The van der Waals surface area contributed by atoms with E-state index in [0.29, 0.717) is 17.3 Å². The van der Waals surface area contributed by atoms with Gasteiger partial charge in [0, 0.05) is 17.8 Å². The number of aryl methyl sites for hydroxylation is 2. The van der Waals surface area contributed by atoms with Crippen molar-refractivity contribution in [1.29, 1.82) is 0 Å². The lowest BCUT2D eigenvalue weighted by Gasteiger charge is -2.18. The first-order valence-electron chi connectivity index (χ1n) is 8.97. The maximum atomic E-state index is 6.20. The highest BCUT2D eigenvalue weighted by Gasteiger charge is 2.18. The number of hydrogen-bond donors (Lipinski definition) is 0. The van der Waals surface area contributed by atoms with Gasteiger partial charge in [-0.15, -0.1) is 0 Å². The molecule has 6 heteroatoms. The van der Waals surface area contributed by atoms with Gasteiger partial charge in [0.15, 0.2) is 0 Å². The van der Waals surface area contributed by atoms with E-state index in [1.807, 2.05) is 43.7 Å². The van der Waals surface area contributed by atoms with Crippen LogP contribution in [0.4, 0.5) is 0 Å². The molecule has 26 heavy (non-hydrogen) atoms. The summed E-state index contributed by atoms with van der Waals surface area (Å²) < 4.78 is 10.2. The number of nitrogens with zero attached hydrogens (tertiary/aromatic N) is 4. The summed E-state index contributed by atoms with van der Waals surface area (Å²) in [4.78, 5) is 4.36. The summed E-state index contributed by atoms with van der Waals surface area (Å²) in [6, 6.07) is 7.54. The minimum absolute atomic E-state index is 0.0471. The molecule has 0 fully saturated rings. The third-order valence-corrected chi connectivity index (χ3v) is 4.72. The van der Waals surface area contributed by atoms with Gasteiger partial charge >= 0.3 is 0 Å². The van der Waals surface area contributed by atoms with Crippen molar-refractivity contribution in [3.8, 4) is 17.0 Å². The first-order valence-corrected chi connectivity index (χ1v) is 9.34. The van der Waals surface area contributed by atoms with E-state index in [9.17, 15) is 0 Å². The fraction of sp³-hybridized carbons (Fsp3) is 0.400. The Labute approximate surface area is 159 Å². The number of halogens is 1. The summed E-state index contributed by atoms with van der Waals surface area (Å²) >= 11 is 6.20. The molecule has 1 aromatic carbocycles. The number of benzene rings is 1. The monoisotopic (exact) mass is 372 g/mol. The van der Waals surface area contributed by atoms with Crippen LogP contribution in [0.2, 0.25) is 5.02 Å². The number of ether oxygens (including phenoxy) is 1. The summed E-state index contributed by atoms with van der Waals surface area (Å²) in [5.41, 5.74) is 4.42. The quantitative estimate of drug-likeness (QED) is 0.592. The van der Waals surface area contributed by atoms with Crippen molar-refractivity contribution in [3.05, 3.63) is 53.2 Å². The smallest absolute Gasteiger partial charge is 0.138 e. The highest BCUT2D eigenvalue weighted by atomic mass is 35.5. The van der Waals surface area contributed by atoms with Crippen LogP contribution in [-0.4, -0.2) is 25.4 Å². The van der Waals surface area contributed by atoms with Crippen molar-refractivity contribution in [3.63, 3.8) is 0 Å². The molecule has 3 rings (SSSR count). The Balaban J connectivity index is 1.82. The van der Waals surface area contributed by atoms with Gasteiger partial charge in [-0.25, -0.2) is 4.98 Å². The second-order valence-corrected chi connectivity index (χ2v) is 6.97. The summed E-state index contributed by atoms with van der Waals surface area (Å²) in [7, 11) is 0.